The van der Waals surface area contributed by atoms with Crippen molar-refractivity contribution >= 4 is 5.91 Å². The first-order chi connectivity index (χ1) is 7.61. The van der Waals surface area contributed by atoms with Crippen molar-refractivity contribution in [3.05, 3.63) is 17.5 Å². The molecule has 1 heterocycles. The summed E-state index contributed by atoms with van der Waals surface area (Å²) in [5.74, 6) is 0.0269. The zero-order valence-electron chi connectivity index (χ0n) is 10.2. The van der Waals surface area contributed by atoms with E-state index in [0.717, 1.165) is 18.7 Å². The molecule has 0 unspecified atom stereocenters. The molecule has 5 heteroatoms. The number of carbonyl (C=O) groups excluding carboxylic acids is 1. The molecule has 16 heavy (non-hydrogen) atoms. The first-order valence-electron chi connectivity index (χ1n) is 5.59. The van der Waals surface area contributed by atoms with E-state index >= 15 is 0 Å². The van der Waals surface area contributed by atoms with Crippen LogP contribution in [0.2, 0.25) is 0 Å². The van der Waals surface area contributed by atoms with Crippen LogP contribution in [-0.4, -0.2) is 40.7 Å². The molecule has 0 saturated carbocycles. The summed E-state index contributed by atoms with van der Waals surface area (Å²) in [6.07, 6.45) is 2.51. The van der Waals surface area contributed by atoms with Gasteiger partial charge < -0.3 is 10.6 Å². The number of rotatable bonds is 5. The fourth-order valence-corrected chi connectivity index (χ4v) is 1.47. The number of nitrogens with zero attached hydrogens (tertiary/aromatic N) is 3. The van der Waals surface area contributed by atoms with Crippen LogP contribution in [0.4, 0.5) is 0 Å². The zero-order valence-corrected chi connectivity index (χ0v) is 10.2. The largest absolute Gasteiger partial charge is 0.342 e. The van der Waals surface area contributed by atoms with Crippen LogP contribution < -0.4 is 5.73 Å². The van der Waals surface area contributed by atoms with E-state index in [2.05, 4.69) is 5.10 Å². The second kappa shape index (κ2) is 5.65. The Hall–Kier alpha value is -1.36. The van der Waals surface area contributed by atoms with Gasteiger partial charge in [0.2, 0.25) is 0 Å². The number of aromatic nitrogens is 2. The van der Waals surface area contributed by atoms with Crippen LogP contribution in [0.3, 0.4) is 0 Å². The summed E-state index contributed by atoms with van der Waals surface area (Å²) in [7, 11) is 1.79. The third-order valence-corrected chi connectivity index (χ3v) is 2.73. The number of hydrogen-bond acceptors (Lipinski definition) is 3. The molecule has 1 amide bonds. The summed E-state index contributed by atoms with van der Waals surface area (Å²) in [6.45, 7) is 5.97. The second-order valence-electron chi connectivity index (χ2n) is 3.83. The molecule has 0 atom stereocenters. The van der Waals surface area contributed by atoms with E-state index < -0.39 is 0 Å². The number of hydrogen-bond donors (Lipinski definition) is 1. The molecule has 90 valence electrons. The van der Waals surface area contributed by atoms with Gasteiger partial charge in [0.15, 0.2) is 0 Å². The fourth-order valence-electron chi connectivity index (χ4n) is 1.47. The van der Waals surface area contributed by atoms with E-state index in [-0.39, 0.29) is 5.91 Å². The van der Waals surface area contributed by atoms with E-state index in [0.29, 0.717) is 18.7 Å². The number of aryl methyl sites for hydroxylation is 1. The molecule has 1 aromatic heterocycles. The molecule has 0 fully saturated rings. The van der Waals surface area contributed by atoms with Gasteiger partial charge >= 0.3 is 0 Å². The third kappa shape index (κ3) is 2.61. The highest BCUT2D eigenvalue weighted by molar-refractivity contribution is 5.94. The number of nitrogens with two attached hydrogens (primary N) is 1. The number of carbonyl (C=O) groups is 1. The molecule has 0 aromatic carbocycles. The predicted octanol–water partition coefficient (Wildman–Crippen LogP) is 0.632. The fraction of sp³-hybridized carbons (Fsp3) is 0.636. The lowest BCUT2D eigenvalue weighted by atomic mass is 10.2. The van der Waals surface area contributed by atoms with E-state index in [1.807, 2.05) is 18.5 Å². The van der Waals surface area contributed by atoms with Crippen LogP contribution in [0.15, 0.2) is 6.20 Å². The van der Waals surface area contributed by atoms with E-state index in [9.17, 15) is 4.79 Å². The van der Waals surface area contributed by atoms with Crippen LogP contribution >= 0.6 is 0 Å². The van der Waals surface area contributed by atoms with Gasteiger partial charge in [-0.25, -0.2) is 0 Å². The first kappa shape index (κ1) is 12.7. The van der Waals surface area contributed by atoms with E-state index in [4.69, 9.17) is 5.73 Å². The third-order valence-electron chi connectivity index (χ3n) is 2.73. The Bertz CT molecular complexity index is 359. The minimum absolute atomic E-state index is 0.0269. The standard InChI is InChI=1S/C11H20N4O/c1-4-14(3)11(16)10-8-13-15(9(10)2)7-5-6-12/h8H,4-7,12H2,1-3H3. The SMILES string of the molecule is CCN(C)C(=O)c1cnn(CCCN)c1C. The Morgan fingerprint density at radius 3 is 2.88 bits per heavy atom. The van der Waals surface area contributed by atoms with Gasteiger partial charge in [-0.05, 0) is 26.8 Å². The van der Waals surface area contributed by atoms with Gasteiger partial charge in [-0.15, -0.1) is 0 Å². The maximum atomic E-state index is 11.9. The lowest BCUT2D eigenvalue weighted by molar-refractivity contribution is 0.0801. The monoisotopic (exact) mass is 224 g/mol. The Morgan fingerprint density at radius 2 is 2.31 bits per heavy atom. The average molecular weight is 224 g/mol. The first-order valence-corrected chi connectivity index (χ1v) is 5.59. The van der Waals surface area contributed by atoms with Crippen LogP contribution in [-0.2, 0) is 6.54 Å². The lowest BCUT2D eigenvalue weighted by Gasteiger charge is -2.13. The summed E-state index contributed by atoms with van der Waals surface area (Å²) in [6, 6.07) is 0. The van der Waals surface area contributed by atoms with Crippen LogP contribution in [0.25, 0.3) is 0 Å². The smallest absolute Gasteiger partial charge is 0.257 e. The van der Waals surface area contributed by atoms with E-state index in [1.165, 1.54) is 0 Å². The Morgan fingerprint density at radius 1 is 1.62 bits per heavy atom. The molecule has 0 radical (unpaired) electrons. The highest BCUT2D eigenvalue weighted by atomic mass is 16.2. The summed E-state index contributed by atoms with van der Waals surface area (Å²) < 4.78 is 1.84. The Kier molecular flexibility index (Phi) is 4.49. The van der Waals surface area contributed by atoms with Gasteiger partial charge in [0, 0.05) is 25.8 Å². The molecule has 0 aliphatic heterocycles. The second-order valence-corrected chi connectivity index (χ2v) is 3.83. The van der Waals surface area contributed by atoms with Crippen molar-refractivity contribution < 1.29 is 4.79 Å². The van der Waals surface area contributed by atoms with Gasteiger partial charge in [0.25, 0.3) is 5.91 Å². The maximum absolute atomic E-state index is 11.9. The van der Waals surface area contributed by atoms with E-state index in [1.54, 1.807) is 18.1 Å². The van der Waals surface area contributed by atoms with Crippen molar-refractivity contribution in [2.75, 3.05) is 20.1 Å². The molecule has 0 bridgehead atoms. The van der Waals surface area contributed by atoms with Crippen molar-refractivity contribution in [1.82, 2.24) is 14.7 Å². The molecule has 0 aliphatic carbocycles. The summed E-state index contributed by atoms with van der Waals surface area (Å²) in [4.78, 5) is 13.6. The molecule has 2 N–H and O–H groups in total. The lowest BCUT2D eigenvalue weighted by Crippen LogP contribution is -2.26. The van der Waals surface area contributed by atoms with Gasteiger partial charge in [0.05, 0.1) is 11.8 Å². The van der Waals surface area contributed by atoms with Gasteiger partial charge in [-0.3, -0.25) is 9.48 Å². The van der Waals surface area contributed by atoms with Crippen LogP contribution in [0, 0.1) is 6.92 Å². The summed E-state index contributed by atoms with van der Waals surface area (Å²) in [5.41, 5.74) is 7.04. The quantitative estimate of drug-likeness (QED) is 0.798. The molecular formula is C11H20N4O. The average Bonchev–Trinajstić information content (AvgIpc) is 2.66. The summed E-state index contributed by atoms with van der Waals surface area (Å²) >= 11 is 0. The van der Waals surface area contributed by atoms with Crippen molar-refractivity contribution in [3.8, 4) is 0 Å². The van der Waals surface area contributed by atoms with Gasteiger partial charge in [-0.1, -0.05) is 0 Å². The molecule has 5 nitrogen and oxygen atoms in total. The Balaban J connectivity index is 2.82. The maximum Gasteiger partial charge on any atom is 0.257 e. The number of amides is 1. The molecule has 0 saturated heterocycles. The van der Waals surface area contributed by atoms with Gasteiger partial charge in [0.1, 0.15) is 0 Å². The minimum Gasteiger partial charge on any atom is -0.342 e. The van der Waals surface area contributed by atoms with Gasteiger partial charge in [-0.2, -0.15) is 5.10 Å². The predicted molar refractivity (Wildman–Crippen MR) is 63.3 cm³/mol. The molecule has 1 rings (SSSR count). The molecular weight excluding hydrogens is 204 g/mol. The van der Waals surface area contributed by atoms with Crippen molar-refractivity contribution in [2.24, 2.45) is 5.73 Å². The molecule has 0 aliphatic rings. The summed E-state index contributed by atoms with van der Waals surface area (Å²) in [5, 5.41) is 4.20. The molecule has 1 aromatic rings. The normalized spacial score (nSPS) is 10.5. The zero-order chi connectivity index (χ0) is 12.1. The molecule has 0 spiro atoms. The van der Waals surface area contributed by atoms with Crippen molar-refractivity contribution in [3.63, 3.8) is 0 Å². The topological polar surface area (TPSA) is 64.2 Å². The van der Waals surface area contributed by atoms with Crippen molar-refractivity contribution in [1.29, 1.82) is 0 Å². The van der Waals surface area contributed by atoms with Crippen molar-refractivity contribution in [2.45, 2.75) is 26.8 Å². The van der Waals surface area contributed by atoms with Crippen LogP contribution in [0.5, 0.6) is 0 Å². The van der Waals surface area contributed by atoms with Crippen LogP contribution in [0.1, 0.15) is 29.4 Å². The Labute approximate surface area is 96.2 Å². The minimum atomic E-state index is 0.0269. The highest BCUT2D eigenvalue weighted by Gasteiger charge is 2.16. The highest BCUT2D eigenvalue weighted by Crippen LogP contribution is 2.10.